The number of aromatic nitrogens is 1. The maximum atomic E-state index is 13.6. The highest BCUT2D eigenvalue weighted by molar-refractivity contribution is 7.98. The number of carbonyl (C=O) groups excluding carboxylic acids is 1. The number of nitrogens with one attached hydrogen (secondary N) is 2. The molecule has 1 aromatic heterocycles. The van der Waals surface area contributed by atoms with E-state index >= 15 is 0 Å². The quantitative estimate of drug-likeness (QED) is 0.149. The van der Waals surface area contributed by atoms with Gasteiger partial charge in [-0.3, -0.25) is 9.69 Å². The predicted molar refractivity (Wildman–Crippen MR) is 164 cm³/mol. The van der Waals surface area contributed by atoms with Crippen molar-refractivity contribution in [3.05, 3.63) is 48.2 Å². The van der Waals surface area contributed by atoms with Crippen LogP contribution in [0.5, 0.6) is 5.75 Å². The van der Waals surface area contributed by atoms with Gasteiger partial charge in [-0.2, -0.15) is 13.2 Å². The maximum Gasteiger partial charge on any atom is 0.406 e. The van der Waals surface area contributed by atoms with Crippen LogP contribution in [-0.2, 0) is 20.8 Å². The van der Waals surface area contributed by atoms with E-state index in [9.17, 15) is 18.0 Å². The van der Waals surface area contributed by atoms with Gasteiger partial charge in [0.15, 0.2) is 0 Å². The van der Waals surface area contributed by atoms with Crippen molar-refractivity contribution in [2.24, 2.45) is 0 Å². The van der Waals surface area contributed by atoms with Gasteiger partial charge in [0, 0.05) is 48.8 Å². The van der Waals surface area contributed by atoms with E-state index in [1.54, 1.807) is 44.2 Å². The second-order valence-electron chi connectivity index (χ2n) is 10.2. The van der Waals surface area contributed by atoms with Crippen LogP contribution in [0.15, 0.2) is 47.4 Å². The molecule has 2 heterocycles. The zero-order valence-corrected chi connectivity index (χ0v) is 25.3. The van der Waals surface area contributed by atoms with E-state index in [0.717, 1.165) is 42.2 Å². The number of fused-ring (bicyclic) bond motifs is 1. The molecule has 1 saturated heterocycles. The van der Waals surface area contributed by atoms with Gasteiger partial charge < -0.3 is 29.4 Å². The van der Waals surface area contributed by atoms with Crippen LogP contribution in [0.4, 0.5) is 24.5 Å². The number of halogens is 3. The molecule has 0 bridgehead atoms. The van der Waals surface area contributed by atoms with E-state index in [0.29, 0.717) is 42.0 Å². The Kier molecular flexibility index (Phi) is 11.5. The number of piperidine rings is 1. The monoisotopic (exact) mass is 618 g/mol. The number of hydrogen-bond acceptors (Lipinski definition) is 8. The van der Waals surface area contributed by atoms with Crippen LogP contribution in [0.1, 0.15) is 18.5 Å². The molecule has 232 valence electrons. The largest absolute Gasteiger partial charge is 0.495 e. The minimum absolute atomic E-state index is 0.145. The first kappa shape index (κ1) is 32.4. The number of likely N-dealkylation sites (tertiary alicyclic amines) is 1. The fourth-order valence-electron chi connectivity index (χ4n) is 5.25. The third kappa shape index (κ3) is 8.98. The van der Waals surface area contributed by atoms with Gasteiger partial charge in [0.2, 0.25) is 0 Å². The number of carbonyl (C=O) groups is 1. The van der Waals surface area contributed by atoms with Crippen molar-refractivity contribution >= 4 is 40.5 Å². The van der Waals surface area contributed by atoms with Crippen molar-refractivity contribution in [3.8, 4) is 17.6 Å². The second-order valence-corrected chi connectivity index (χ2v) is 11.1. The molecule has 1 unspecified atom stereocenters. The van der Waals surface area contributed by atoms with Crippen LogP contribution in [-0.4, -0.2) is 87.5 Å². The van der Waals surface area contributed by atoms with Crippen LogP contribution < -0.4 is 15.4 Å². The lowest BCUT2D eigenvalue weighted by molar-refractivity contribution is -0.140. The summed E-state index contributed by atoms with van der Waals surface area (Å²) in [6.07, 6.45) is -1.09. The number of nitrogens with zero attached hydrogens (tertiary/aromatic N) is 2. The molecular weight excluding hydrogens is 581 g/mol. The van der Waals surface area contributed by atoms with Crippen molar-refractivity contribution in [1.29, 1.82) is 0 Å². The molecule has 4 rings (SSSR count). The average Bonchev–Trinajstić information content (AvgIpc) is 3.33. The van der Waals surface area contributed by atoms with Crippen molar-refractivity contribution in [1.82, 2.24) is 9.47 Å². The number of ether oxygens (including phenoxy) is 3. The molecule has 0 aliphatic carbocycles. The third-order valence-corrected chi connectivity index (χ3v) is 8.01. The summed E-state index contributed by atoms with van der Waals surface area (Å²) < 4.78 is 57.8. The molecule has 8 nitrogen and oxygen atoms in total. The number of methoxy groups -OCH3 is 2. The molecule has 0 radical (unpaired) electrons. The van der Waals surface area contributed by atoms with Gasteiger partial charge in [0.25, 0.3) is 6.47 Å². The zero-order valence-electron chi connectivity index (χ0n) is 24.5. The van der Waals surface area contributed by atoms with Crippen LogP contribution in [0.25, 0.3) is 10.9 Å². The molecule has 1 atom stereocenters. The smallest absolute Gasteiger partial charge is 0.406 e. The number of alkyl halides is 3. The van der Waals surface area contributed by atoms with Crippen molar-refractivity contribution in [3.63, 3.8) is 0 Å². The van der Waals surface area contributed by atoms with Gasteiger partial charge >= 0.3 is 6.18 Å². The lowest BCUT2D eigenvalue weighted by atomic mass is 10.0. The van der Waals surface area contributed by atoms with Gasteiger partial charge in [-0.1, -0.05) is 12.0 Å². The molecule has 1 aliphatic heterocycles. The van der Waals surface area contributed by atoms with Crippen LogP contribution in [0.2, 0.25) is 0 Å². The van der Waals surface area contributed by atoms with E-state index in [1.807, 2.05) is 30.5 Å². The standard InChI is InChI=1S/C31H37F3N4O4S/c1-40-19-24(42-21-39)18-37-14-11-22(12-15-37)36-27-7-4-8-29-26(27)16-23(38(29)20-31(32,33)34)6-5-13-35-28-10-9-25(43-3)17-30(28)41-2/h4,7-10,16-17,21-22,24,35-36H,11-15,18-20H2,1-3H3. The van der Waals surface area contributed by atoms with Gasteiger partial charge in [-0.25, -0.2) is 0 Å². The van der Waals surface area contributed by atoms with E-state index in [-0.39, 0.29) is 18.7 Å². The number of rotatable bonds is 13. The fourth-order valence-corrected chi connectivity index (χ4v) is 5.68. The highest BCUT2D eigenvalue weighted by Crippen LogP contribution is 2.32. The fraction of sp³-hybridized carbons (Fsp3) is 0.452. The molecule has 12 heteroatoms. The maximum absolute atomic E-state index is 13.6. The van der Waals surface area contributed by atoms with E-state index in [2.05, 4.69) is 27.4 Å². The first-order valence-corrected chi connectivity index (χ1v) is 15.2. The molecule has 3 aromatic rings. The van der Waals surface area contributed by atoms with Gasteiger partial charge in [-0.15, -0.1) is 11.8 Å². The molecule has 0 saturated carbocycles. The van der Waals surface area contributed by atoms with E-state index in [1.165, 1.54) is 4.57 Å². The Balaban J connectivity index is 1.49. The summed E-state index contributed by atoms with van der Waals surface area (Å²) in [4.78, 5) is 14.1. The van der Waals surface area contributed by atoms with Crippen molar-refractivity contribution in [2.45, 2.75) is 42.6 Å². The normalized spacial score (nSPS) is 15.0. The average molecular weight is 619 g/mol. The minimum atomic E-state index is -4.41. The lowest BCUT2D eigenvalue weighted by Crippen LogP contribution is -2.44. The summed E-state index contributed by atoms with van der Waals surface area (Å²) in [5, 5.41) is 7.44. The summed E-state index contributed by atoms with van der Waals surface area (Å²) in [6.45, 7) is 2.04. The van der Waals surface area contributed by atoms with Crippen LogP contribution >= 0.6 is 11.8 Å². The Bertz CT molecular complexity index is 1430. The SMILES string of the molecule is COCC(CN1CCC(Nc2cccc3c2cc(C#CCNc2ccc(SC)cc2OC)n3CC(F)(F)F)CC1)OC=O. The molecule has 1 aliphatic rings. The number of thioether (sulfide) groups is 1. The number of benzene rings is 2. The molecular formula is C31H37F3N4O4S. The van der Waals surface area contributed by atoms with Crippen LogP contribution in [0.3, 0.4) is 0 Å². The topological polar surface area (TPSA) is 77.0 Å². The third-order valence-electron chi connectivity index (χ3n) is 7.29. The van der Waals surface area contributed by atoms with Crippen LogP contribution in [0, 0.1) is 11.8 Å². The molecule has 2 aromatic carbocycles. The highest BCUT2D eigenvalue weighted by atomic mass is 32.2. The molecule has 0 amide bonds. The Hall–Kier alpha value is -3.53. The summed E-state index contributed by atoms with van der Waals surface area (Å²) >= 11 is 1.60. The molecule has 2 N–H and O–H groups in total. The summed E-state index contributed by atoms with van der Waals surface area (Å²) in [6, 6.07) is 13.0. The number of anilines is 2. The highest BCUT2D eigenvalue weighted by Gasteiger charge is 2.30. The Morgan fingerprint density at radius 1 is 1.14 bits per heavy atom. The zero-order chi connectivity index (χ0) is 30.8. The van der Waals surface area contributed by atoms with E-state index in [4.69, 9.17) is 14.2 Å². The van der Waals surface area contributed by atoms with Gasteiger partial charge in [-0.05, 0) is 61.4 Å². The summed E-state index contributed by atoms with van der Waals surface area (Å²) in [5.74, 6) is 6.61. The van der Waals surface area contributed by atoms with Crippen molar-refractivity contribution in [2.75, 3.05) is 63.9 Å². The Morgan fingerprint density at radius 2 is 1.93 bits per heavy atom. The predicted octanol–water partition coefficient (Wildman–Crippen LogP) is 5.46. The first-order chi connectivity index (χ1) is 20.7. The Morgan fingerprint density at radius 3 is 2.60 bits per heavy atom. The summed E-state index contributed by atoms with van der Waals surface area (Å²) in [5.41, 5.74) is 2.30. The Labute approximate surface area is 254 Å². The van der Waals surface area contributed by atoms with Gasteiger partial charge in [0.1, 0.15) is 18.4 Å². The molecule has 0 spiro atoms. The summed E-state index contributed by atoms with van der Waals surface area (Å²) in [7, 11) is 3.15. The van der Waals surface area contributed by atoms with Gasteiger partial charge in [0.05, 0.1) is 37.2 Å². The van der Waals surface area contributed by atoms with E-state index < -0.39 is 12.7 Å². The lowest BCUT2D eigenvalue weighted by Gasteiger charge is -2.34. The first-order valence-electron chi connectivity index (χ1n) is 13.9. The van der Waals surface area contributed by atoms with Crippen molar-refractivity contribution < 1.29 is 32.2 Å². The minimum Gasteiger partial charge on any atom is -0.495 e. The molecule has 43 heavy (non-hydrogen) atoms. The molecule has 1 fully saturated rings. The number of hydrogen-bond donors (Lipinski definition) is 2. The second kappa shape index (κ2) is 15.3.